The molecule has 1 fully saturated rings. The predicted octanol–water partition coefficient (Wildman–Crippen LogP) is 4.12. The SMILES string of the molecule is C[C@H](NC(=O)c1cc(Br)ccc1N)C1CCCCCC1. The summed E-state index contributed by atoms with van der Waals surface area (Å²) in [5.74, 6) is 0.523. The molecule has 3 nitrogen and oxygen atoms in total. The van der Waals surface area contributed by atoms with Crippen LogP contribution in [0.1, 0.15) is 55.8 Å². The molecule has 1 aliphatic rings. The number of halogens is 1. The summed E-state index contributed by atoms with van der Waals surface area (Å²) in [4.78, 5) is 12.3. The number of carbonyl (C=O) groups is 1. The highest BCUT2D eigenvalue weighted by Crippen LogP contribution is 2.26. The van der Waals surface area contributed by atoms with E-state index in [-0.39, 0.29) is 11.9 Å². The molecule has 0 unspecified atom stereocenters. The normalized spacial score (nSPS) is 18.3. The van der Waals surface area contributed by atoms with Gasteiger partial charge in [0.25, 0.3) is 5.91 Å². The number of rotatable bonds is 3. The zero-order valence-corrected chi connectivity index (χ0v) is 13.6. The lowest BCUT2D eigenvalue weighted by molar-refractivity contribution is 0.0924. The first-order valence-electron chi connectivity index (χ1n) is 7.44. The van der Waals surface area contributed by atoms with Gasteiger partial charge in [0, 0.05) is 16.2 Å². The van der Waals surface area contributed by atoms with Gasteiger partial charge in [-0.25, -0.2) is 0 Å². The van der Waals surface area contributed by atoms with Gasteiger partial charge in [0.15, 0.2) is 0 Å². The molecule has 1 amide bonds. The molecule has 1 saturated carbocycles. The first kappa shape index (κ1) is 15.4. The van der Waals surface area contributed by atoms with Crippen molar-refractivity contribution in [3.63, 3.8) is 0 Å². The number of carbonyl (C=O) groups excluding carboxylic acids is 1. The maximum absolute atomic E-state index is 12.3. The van der Waals surface area contributed by atoms with Gasteiger partial charge in [-0.2, -0.15) is 0 Å². The minimum atomic E-state index is -0.0689. The summed E-state index contributed by atoms with van der Waals surface area (Å²) in [5.41, 5.74) is 6.97. The molecular formula is C16H23BrN2O. The highest BCUT2D eigenvalue weighted by atomic mass is 79.9. The number of benzene rings is 1. The summed E-state index contributed by atoms with van der Waals surface area (Å²) in [5, 5.41) is 3.12. The number of amides is 1. The lowest BCUT2D eigenvalue weighted by Crippen LogP contribution is -2.38. The standard InChI is InChI=1S/C16H23BrN2O/c1-11(12-6-4-2-3-5-7-12)19-16(20)14-10-13(17)8-9-15(14)18/h8-12H,2-7,18H2,1H3,(H,19,20)/t11-/m0/s1. The summed E-state index contributed by atoms with van der Waals surface area (Å²) in [7, 11) is 0. The summed E-state index contributed by atoms with van der Waals surface area (Å²) in [6.07, 6.45) is 7.66. The van der Waals surface area contributed by atoms with Gasteiger partial charge >= 0.3 is 0 Å². The van der Waals surface area contributed by atoms with Crippen LogP contribution >= 0.6 is 15.9 Å². The van der Waals surface area contributed by atoms with Crippen molar-refractivity contribution >= 4 is 27.5 Å². The zero-order valence-electron chi connectivity index (χ0n) is 12.0. The number of hydrogen-bond acceptors (Lipinski definition) is 2. The van der Waals surface area contributed by atoms with Crippen LogP contribution in [-0.4, -0.2) is 11.9 Å². The third-order valence-corrected chi connectivity index (χ3v) is 4.72. The molecule has 1 aromatic carbocycles. The lowest BCUT2D eigenvalue weighted by Gasteiger charge is -2.24. The van der Waals surface area contributed by atoms with Crippen LogP contribution in [0.4, 0.5) is 5.69 Å². The Balaban J connectivity index is 2.01. The number of nitrogen functional groups attached to an aromatic ring is 1. The summed E-state index contributed by atoms with van der Waals surface area (Å²) < 4.78 is 0.874. The number of hydrogen-bond donors (Lipinski definition) is 2. The molecule has 2 rings (SSSR count). The fourth-order valence-corrected chi connectivity index (χ4v) is 3.30. The Morgan fingerprint density at radius 3 is 2.60 bits per heavy atom. The second kappa shape index (κ2) is 7.11. The molecule has 20 heavy (non-hydrogen) atoms. The average molecular weight is 339 g/mol. The van der Waals surface area contributed by atoms with Crippen molar-refractivity contribution in [2.45, 2.75) is 51.5 Å². The van der Waals surface area contributed by atoms with Crippen molar-refractivity contribution in [3.8, 4) is 0 Å². The van der Waals surface area contributed by atoms with Crippen LogP contribution in [-0.2, 0) is 0 Å². The van der Waals surface area contributed by atoms with Crippen LogP contribution in [0.2, 0.25) is 0 Å². The fourth-order valence-electron chi connectivity index (χ4n) is 2.94. The van der Waals surface area contributed by atoms with E-state index in [0.717, 1.165) is 4.47 Å². The third kappa shape index (κ3) is 3.98. The molecule has 0 radical (unpaired) electrons. The van der Waals surface area contributed by atoms with Gasteiger partial charge in [0.05, 0.1) is 5.56 Å². The molecule has 0 saturated heterocycles. The molecular weight excluding hydrogens is 316 g/mol. The van der Waals surface area contributed by atoms with E-state index in [1.54, 1.807) is 12.1 Å². The Bertz CT molecular complexity index is 468. The molecule has 0 aromatic heterocycles. The Kier molecular flexibility index (Phi) is 5.46. The van der Waals surface area contributed by atoms with Crippen molar-refractivity contribution < 1.29 is 4.79 Å². The topological polar surface area (TPSA) is 55.1 Å². The van der Waals surface area contributed by atoms with E-state index in [1.165, 1.54) is 38.5 Å². The van der Waals surface area contributed by atoms with E-state index >= 15 is 0 Å². The summed E-state index contributed by atoms with van der Waals surface area (Å²) >= 11 is 3.38. The minimum absolute atomic E-state index is 0.0689. The first-order valence-corrected chi connectivity index (χ1v) is 8.23. The van der Waals surface area contributed by atoms with Crippen molar-refractivity contribution in [1.82, 2.24) is 5.32 Å². The number of nitrogens with one attached hydrogen (secondary N) is 1. The largest absolute Gasteiger partial charge is 0.398 e. The van der Waals surface area contributed by atoms with E-state index in [0.29, 0.717) is 17.2 Å². The van der Waals surface area contributed by atoms with Gasteiger partial charge in [0.1, 0.15) is 0 Å². The van der Waals surface area contributed by atoms with Crippen LogP contribution in [0.25, 0.3) is 0 Å². The zero-order chi connectivity index (χ0) is 14.5. The number of nitrogens with two attached hydrogens (primary N) is 1. The third-order valence-electron chi connectivity index (χ3n) is 4.23. The highest BCUT2D eigenvalue weighted by molar-refractivity contribution is 9.10. The molecule has 0 heterocycles. The Labute approximate surface area is 129 Å². The minimum Gasteiger partial charge on any atom is -0.398 e. The molecule has 0 bridgehead atoms. The van der Waals surface area contributed by atoms with Crippen molar-refractivity contribution in [3.05, 3.63) is 28.2 Å². The van der Waals surface area contributed by atoms with E-state index in [9.17, 15) is 4.79 Å². The van der Waals surface area contributed by atoms with Crippen LogP contribution in [0.15, 0.2) is 22.7 Å². The maximum Gasteiger partial charge on any atom is 0.253 e. The van der Waals surface area contributed by atoms with Crippen molar-refractivity contribution in [2.75, 3.05) is 5.73 Å². The Morgan fingerprint density at radius 2 is 1.95 bits per heavy atom. The van der Waals surface area contributed by atoms with Gasteiger partial charge in [-0.05, 0) is 43.9 Å². The van der Waals surface area contributed by atoms with Gasteiger partial charge in [0.2, 0.25) is 0 Å². The van der Waals surface area contributed by atoms with E-state index in [4.69, 9.17) is 5.73 Å². The second-order valence-electron chi connectivity index (χ2n) is 5.75. The van der Waals surface area contributed by atoms with E-state index in [1.807, 2.05) is 6.07 Å². The quantitative estimate of drug-likeness (QED) is 0.643. The van der Waals surface area contributed by atoms with Gasteiger partial charge in [-0.1, -0.05) is 41.6 Å². The van der Waals surface area contributed by atoms with Gasteiger partial charge in [-0.15, -0.1) is 0 Å². The van der Waals surface area contributed by atoms with Crippen molar-refractivity contribution in [2.24, 2.45) is 5.92 Å². The second-order valence-corrected chi connectivity index (χ2v) is 6.66. The molecule has 110 valence electrons. The number of anilines is 1. The first-order chi connectivity index (χ1) is 9.58. The van der Waals surface area contributed by atoms with Gasteiger partial charge in [-0.3, -0.25) is 4.79 Å². The van der Waals surface area contributed by atoms with Crippen LogP contribution < -0.4 is 11.1 Å². The molecule has 0 spiro atoms. The molecule has 1 atom stereocenters. The summed E-state index contributed by atoms with van der Waals surface area (Å²) in [6.45, 7) is 2.11. The van der Waals surface area contributed by atoms with Crippen LogP contribution in [0, 0.1) is 5.92 Å². The average Bonchev–Trinajstić information content (AvgIpc) is 2.70. The van der Waals surface area contributed by atoms with Gasteiger partial charge < -0.3 is 11.1 Å². The van der Waals surface area contributed by atoms with Crippen LogP contribution in [0.3, 0.4) is 0 Å². The molecule has 0 aliphatic heterocycles. The van der Waals surface area contributed by atoms with Crippen molar-refractivity contribution in [1.29, 1.82) is 0 Å². The smallest absolute Gasteiger partial charge is 0.253 e. The van der Waals surface area contributed by atoms with E-state index < -0.39 is 0 Å². The maximum atomic E-state index is 12.3. The van der Waals surface area contributed by atoms with Crippen LogP contribution in [0.5, 0.6) is 0 Å². The lowest BCUT2D eigenvalue weighted by atomic mass is 9.93. The van der Waals surface area contributed by atoms with E-state index in [2.05, 4.69) is 28.2 Å². The molecule has 1 aliphatic carbocycles. The Morgan fingerprint density at radius 1 is 1.30 bits per heavy atom. The molecule has 4 heteroatoms. The Hall–Kier alpha value is -1.03. The monoisotopic (exact) mass is 338 g/mol. The fraction of sp³-hybridized carbons (Fsp3) is 0.562. The summed E-state index contributed by atoms with van der Waals surface area (Å²) in [6, 6.07) is 5.60. The molecule has 1 aromatic rings. The predicted molar refractivity (Wildman–Crippen MR) is 86.7 cm³/mol. The molecule has 3 N–H and O–H groups in total. The highest BCUT2D eigenvalue weighted by Gasteiger charge is 2.21.